The summed E-state index contributed by atoms with van der Waals surface area (Å²) in [6, 6.07) is 73.4. The molecule has 0 fully saturated rings. The minimum absolute atomic E-state index is 0.246. The largest absolute Gasteiger partial charge is 0.436 e. The molecule has 2 heterocycles. The van der Waals surface area contributed by atoms with Crippen molar-refractivity contribution in [1.29, 1.82) is 0 Å². The highest BCUT2D eigenvalue weighted by Crippen LogP contribution is 2.47. The van der Waals surface area contributed by atoms with E-state index in [9.17, 15) is 26.3 Å². The third-order valence-electron chi connectivity index (χ3n) is 14.4. The number of hydrogen-bond acceptors (Lipinski definition) is 4. The first-order valence-corrected chi connectivity index (χ1v) is 26.1. The SMILES string of the molecule is Clc1cc2nc(-c3ccc(-c4c5ccccc5c(-c5ccccc5)c5ccccc45)cc3)oc2cc1Cl.FC(F)(F)c1ccc(C(F)(F)F)c2oc(-c3ccc(-c4c5ccccc5c(-c5ccccc5)c5ccccc45)cc3)nc12. The molecule has 388 valence electrons. The number of fused-ring (bicyclic) bond motifs is 6. The Bertz CT molecular complexity index is 4490. The van der Waals surface area contributed by atoms with Crippen LogP contribution in [-0.4, -0.2) is 9.97 Å². The first kappa shape index (κ1) is 50.3. The van der Waals surface area contributed by atoms with Gasteiger partial charge in [0.1, 0.15) is 16.6 Å². The fraction of sp³-hybridized carbons (Fsp3) is 0.0294. The predicted octanol–water partition coefficient (Wildman–Crippen LogP) is 21.6. The fourth-order valence-electron chi connectivity index (χ4n) is 10.9. The van der Waals surface area contributed by atoms with Gasteiger partial charge < -0.3 is 8.83 Å². The molecular weight excluding hydrogens is 1060 g/mol. The first-order valence-electron chi connectivity index (χ1n) is 25.3. The minimum Gasteiger partial charge on any atom is -0.436 e. The van der Waals surface area contributed by atoms with E-state index < -0.39 is 34.6 Å². The standard InChI is InChI=1S/C35H19F6NO.C33H19Cl2NO/c36-34(37,38)27-18-19-28(35(39,40)41)32-31(27)42-33(43-32)22-16-14-21(15-17-22)30-25-12-6-4-10-23(25)29(20-8-2-1-3-9-20)24-11-5-7-13-26(24)30;34-27-18-29-30(19-28(27)35)37-33(36-29)22-16-14-21(15-17-22)32-25-12-6-4-10-23(25)31(20-8-2-1-3-9-20)24-11-5-7-13-26(24)32/h1-19H;1-19H. The quantitative estimate of drug-likeness (QED) is 0.123. The normalized spacial score (nSPS) is 12.0. The summed E-state index contributed by atoms with van der Waals surface area (Å²) < 4.78 is 93.1. The molecule has 12 aromatic carbocycles. The summed E-state index contributed by atoms with van der Waals surface area (Å²) in [5.41, 5.74) is 6.76. The molecule has 0 N–H and O–H groups in total. The van der Waals surface area contributed by atoms with Crippen LogP contribution in [0, 0.1) is 0 Å². The van der Waals surface area contributed by atoms with Crippen molar-refractivity contribution in [2.45, 2.75) is 12.4 Å². The van der Waals surface area contributed by atoms with Gasteiger partial charge >= 0.3 is 12.4 Å². The van der Waals surface area contributed by atoms with Gasteiger partial charge in [-0.1, -0.05) is 205 Å². The number of halogens is 8. The van der Waals surface area contributed by atoms with Crippen molar-refractivity contribution in [2.24, 2.45) is 0 Å². The van der Waals surface area contributed by atoms with E-state index in [4.69, 9.17) is 32.0 Å². The zero-order valence-electron chi connectivity index (χ0n) is 41.7. The smallest absolute Gasteiger partial charge is 0.420 e. The van der Waals surface area contributed by atoms with Gasteiger partial charge in [0.15, 0.2) is 11.2 Å². The molecule has 0 saturated carbocycles. The summed E-state index contributed by atoms with van der Waals surface area (Å²) >= 11 is 12.3. The third kappa shape index (κ3) is 8.96. The van der Waals surface area contributed by atoms with E-state index in [0.717, 1.165) is 54.9 Å². The lowest BCUT2D eigenvalue weighted by Gasteiger charge is -2.17. The molecule has 0 saturated heterocycles. The van der Waals surface area contributed by atoms with Crippen molar-refractivity contribution < 1.29 is 35.2 Å². The van der Waals surface area contributed by atoms with Crippen molar-refractivity contribution in [3.63, 3.8) is 0 Å². The highest BCUT2D eigenvalue weighted by Gasteiger charge is 2.40. The molecule has 0 aliphatic heterocycles. The lowest BCUT2D eigenvalue weighted by atomic mass is 9.86. The van der Waals surface area contributed by atoms with Gasteiger partial charge in [0.05, 0.1) is 15.6 Å². The zero-order chi connectivity index (χ0) is 54.9. The second-order valence-electron chi connectivity index (χ2n) is 19.2. The Morgan fingerprint density at radius 2 is 0.625 bits per heavy atom. The van der Waals surface area contributed by atoms with Crippen molar-refractivity contribution in [3.05, 3.63) is 252 Å². The second-order valence-corrected chi connectivity index (χ2v) is 20.0. The van der Waals surface area contributed by atoms with Crippen molar-refractivity contribution in [3.8, 4) is 67.4 Å². The molecule has 12 heteroatoms. The van der Waals surface area contributed by atoms with Crippen molar-refractivity contribution in [2.75, 3.05) is 0 Å². The molecular formula is C68H38Cl2F6N2O2. The molecule has 14 rings (SSSR count). The number of alkyl halides is 6. The van der Waals surface area contributed by atoms with E-state index in [0.29, 0.717) is 39.2 Å². The maximum Gasteiger partial charge on any atom is 0.420 e. The molecule has 0 amide bonds. The monoisotopic (exact) mass is 1100 g/mol. The average molecular weight is 1100 g/mol. The maximum absolute atomic E-state index is 13.6. The molecule has 0 bridgehead atoms. The molecule has 0 aliphatic carbocycles. The third-order valence-corrected chi connectivity index (χ3v) is 15.1. The molecule has 0 radical (unpaired) electrons. The van der Waals surface area contributed by atoms with E-state index in [1.54, 1.807) is 36.4 Å². The molecule has 0 unspecified atom stereocenters. The van der Waals surface area contributed by atoms with Crippen LogP contribution in [-0.2, 0) is 12.4 Å². The van der Waals surface area contributed by atoms with Gasteiger partial charge in [0.2, 0.25) is 11.8 Å². The Hall–Kier alpha value is -9.22. The van der Waals surface area contributed by atoms with Gasteiger partial charge in [-0.2, -0.15) is 26.3 Å². The van der Waals surface area contributed by atoms with E-state index in [1.807, 2.05) is 54.6 Å². The maximum atomic E-state index is 13.6. The highest BCUT2D eigenvalue weighted by molar-refractivity contribution is 6.42. The van der Waals surface area contributed by atoms with E-state index >= 15 is 0 Å². The number of benzene rings is 12. The van der Waals surface area contributed by atoms with Crippen LogP contribution in [0.2, 0.25) is 10.0 Å². The summed E-state index contributed by atoms with van der Waals surface area (Å²) in [7, 11) is 0. The second kappa shape index (κ2) is 19.9. The molecule has 0 spiro atoms. The summed E-state index contributed by atoms with van der Waals surface area (Å²) in [5, 5.41) is 9.91. The van der Waals surface area contributed by atoms with Crippen molar-refractivity contribution in [1.82, 2.24) is 9.97 Å². The van der Waals surface area contributed by atoms with Crippen LogP contribution in [0.3, 0.4) is 0 Å². The van der Waals surface area contributed by atoms with Crippen LogP contribution in [0.15, 0.2) is 239 Å². The van der Waals surface area contributed by atoms with Gasteiger partial charge in [0.25, 0.3) is 0 Å². The van der Waals surface area contributed by atoms with E-state index in [2.05, 4.69) is 137 Å². The Morgan fingerprint density at radius 1 is 0.312 bits per heavy atom. The molecule has 0 aliphatic rings. The molecule has 4 nitrogen and oxygen atoms in total. The highest BCUT2D eigenvalue weighted by atomic mass is 35.5. The summed E-state index contributed by atoms with van der Waals surface area (Å²) in [6.07, 6.45) is -9.83. The number of aromatic nitrogens is 2. The number of rotatable bonds is 6. The van der Waals surface area contributed by atoms with Gasteiger partial charge in [0, 0.05) is 17.2 Å². The zero-order valence-corrected chi connectivity index (χ0v) is 43.2. The molecule has 80 heavy (non-hydrogen) atoms. The predicted molar refractivity (Wildman–Crippen MR) is 311 cm³/mol. The number of hydrogen-bond donors (Lipinski definition) is 0. The summed E-state index contributed by atoms with van der Waals surface area (Å²) in [4.78, 5) is 8.51. The lowest BCUT2D eigenvalue weighted by Crippen LogP contribution is -2.10. The van der Waals surface area contributed by atoms with Crippen LogP contribution in [0.25, 0.3) is 133 Å². The molecule has 0 atom stereocenters. The van der Waals surface area contributed by atoms with Crippen molar-refractivity contribution >= 4 is 88.5 Å². The van der Waals surface area contributed by atoms with Crippen LogP contribution >= 0.6 is 23.2 Å². The summed E-state index contributed by atoms with van der Waals surface area (Å²) in [5.74, 6) is 0.201. The van der Waals surface area contributed by atoms with Gasteiger partial charge in [-0.15, -0.1) is 0 Å². The van der Waals surface area contributed by atoms with Crippen LogP contribution in [0.1, 0.15) is 11.1 Å². The van der Waals surface area contributed by atoms with Crippen LogP contribution in [0.5, 0.6) is 0 Å². The van der Waals surface area contributed by atoms with Crippen LogP contribution in [0.4, 0.5) is 26.3 Å². The Labute approximate surface area is 462 Å². The fourth-order valence-corrected chi connectivity index (χ4v) is 11.2. The van der Waals surface area contributed by atoms with E-state index in [-0.39, 0.29) is 11.5 Å². The molecule has 14 aromatic rings. The number of nitrogens with zero attached hydrogens (tertiary/aromatic N) is 2. The topological polar surface area (TPSA) is 52.1 Å². The molecule has 2 aromatic heterocycles. The number of oxazole rings is 2. The summed E-state index contributed by atoms with van der Waals surface area (Å²) in [6.45, 7) is 0. The van der Waals surface area contributed by atoms with E-state index in [1.165, 1.54) is 38.2 Å². The van der Waals surface area contributed by atoms with Crippen LogP contribution < -0.4 is 0 Å². The lowest BCUT2D eigenvalue weighted by molar-refractivity contribution is -0.139. The van der Waals surface area contributed by atoms with Gasteiger partial charge in [-0.25, -0.2) is 9.97 Å². The Balaban J connectivity index is 0.000000153. The van der Waals surface area contributed by atoms with Gasteiger partial charge in [-0.3, -0.25) is 0 Å². The Kier molecular flexibility index (Phi) is 12.5. The first-order chi connectivity index (χ1) is 38.8. The minimum atomic E-state index is -4.92. The van der Waals surface area contributed by atoms with Gasteiger partial charge in [-0.05, 0) is 130 Å². The average Bonchev–Trinajstić information content (AvgIpc) is 4.15. The Morgan fingerprint density at radius 3 is 1.00 bits per heavy atom.